The Morgan fingerprint density at radius 1 is 1.17 bits per heavy atom. The summed E-state index contributed by atoms with van der Waals surface area (Å²) in [5.41, 5.74) is 0.923. The van der Waals surface area contributed by atoms with Gasteiger partial charge in [0.2, 0.25) is 11.8 Å². The number of nitrogens with one attached hydrogen (secondary N) is 1. The van der Waals surface area contributed by atoms with Gasteiger partial charge >= 0.3 is 0 Å². The number of para-hydroxylation sites is 1. The standard InChI is InChI=1S/C17H26N2O4/c1-14(20)19(10-6-12-22-2)11-9-17(21)18-13-15-7-4-5-8-16(15)23-3/h4-5,7-8H,6,9-13H2,1-3H3,(H,18,21). The molecular weight excluding hydrogens is 296 g/mol. The van der Waals surface area contributed by atoms with E-state index in [0.717, 1.165) is 17.7 Å². The number of nitrogens with zero attached hydrogens (tertiary/aromatic N) is 1. The molecule has 0 radical (unpaired) electrons. The van der Waals surface area contributed by atoms with Gasteiger partial charge in [0.05, 0.1) is 7.11 Å². The fraction of sp³-hybridized carbons (Fsp3) is 0.529. The second-order valence-electron chi connectivity index (χ2n) is 5.19. The molecule has 6 nitrogen and oxygen atoms in total. The van der Waals surface area contributed by atoms with Crippen LogP contribution in [0.25, 0.3) is 0 Å². The molecule has 128 valence electrons. The summed E-state index contributed by atoms with van der Waals surface area (Å²) in [6.45, 7) is 3.54. The van der Waals surface area contributed by atoms with Gasteiger partial charge in [-0.2, -0.15) is 0 Å². The van der Waals surface area contributed by atoms with Crippen LogP contribution in [-0.4, -0.2) is 50.6 Å². The van der Waals surface area contributed by atoms with Gasteiger partial charge in [0.15, 0.2) is 0 Å². The lowest BCUT2D eigenvalue weighted by Crippen LogP contribution is -2.34. The molecule has 0 unspecified atom stereocenters. The normalized spacial score (nSPS) is 10.2. The number of hydrogen-bond donors (Lipinski definition) is 1. The van der Waals surface area contributed by atoms with E-state index >= 15 is 0 Å². The van der Waals surface area contributed by atoms with Gasteiger partial charge < -0.3 is 19.7 Å². The first-order chi connectivity index (χ1) is 11.1. The fourth-order valence-electron chi connectivity index (χ4n) is 2.19. The van der Waals surface area contributed by atoms with Crippen LogP contribution in [0, 0.1) is 0 Å². The first kappa shape index (κ1) is 19.0. The highest BCUT2D eigenvalue weighted by Gasteiger charge is 2.11. The van der Waals surface area contributed by atoms with Crippen LogP contribution in [0.5, 0.6) is 5.75 Å². The van der Waals surface area contributed by atoms with Crippen LogP contribution in [0.1, 0.15) is 25.3 Å². The molecule has 23 heavy (non-hydrogen) atoms. The molecule has 0 spiro atoms. The molecule has 1 aromatic rings. The predicted octanol–water partition coefficient (Wildman–Crippen LogP) is 1.59. The van der Waals surface area contributed by atoms with E-state index in [4.69, 9.17) is 9.47 Å². The smallest absolute Gasteiger partial charge is 0.222 e. The highest BCUT2D eigenvalue weighted by molar-refractivity contribution is 5.78. The monoisotopic (exact) mass is 322 g/mol. The predicted molar refractivity (Wildman–Crippen MR) is 88.2 cm³/mol. The molecule has 6 heteroatoms. The van der Waals surface area contributed by atoms with Crippen LogP contribution < -0.4 is 10.1 Å². The van der Waals surface area contributed by atoms with Gasteiger partial charge in [-0.15, -0.1) is 0 Å². The third kappa shape index (κ3) is 7.15. The highest BCUT2D eigenvalue weighted by atomic mass is 16.5. The minimum absolute atomic E-state index is 0.0290. The summed E-state index contributed by atoms with van der Waals surface area (Å²) in [5.74, 6) is 0.630. The Hall–Kier alpha value is -2.08. The van der Waals surface area contributed by atoms with Crippen molar-refractivity contribution < 1.29 is 19.1 Å². The topological polar surface area (TPSA) is 67.9 Å². The Balaban J connectivity index is 2.38. The maximum absolute atomic E-state index is 12.0. The lowest BCUT2D eigenvalue weighted by molar-refractivity contribution is -0.129. The molecule has 0 aliphatic carbocycles. The highest BCUT2D eigenvalue weighted by Crippen LogP contribution is 2.16. The molecule has 0 atom stereocenters. The van der Waals surface area contributed by atoms with E-state index in [9.17, 15) is 9.59 Å². The minimum Gasteiger partial charge on any atom is -0.496 e. The van der Waals surface area contributed by atoms with Crippen LogP contribution in [0.4, 0.5) is 0 Å². The fourth-order valence-corrected chi connectivity index (χ4v) is 2.19. The van der Waals surface area contributed by atoms with Gasteiger partial charge in [0.25, 0.3) is 0 Å². The van der Waals surface area contributed by atoms with E-state index in [0.29, 0.717) is 26.2 Å². The molecule has 0 saturated carbocycles. The molecule has 0 aliphatic heterocycles. The Morgan fingerprint density at radius 2 is 1.91 bits per heavy atom. The minimum atomic E-state index is -0.0890. The molecule has 0 heterocycles. The van der Waals surface area contributed by atoms with E-state index < -0.39 is 0 Å². The number of hydrogen-bond acceptors (Lipinski definition) is 4. The average Bonchev–Trinajstić information content (AvgIpc) is 2.55. The van der Waals surface area contributed by atoms with Crippen molar-refractivity contribution in [3.8, 4) is 5.75 Å². The van der Waals surface area contributed by atoms with Crippen molar-refractivity contribution in [3.05, 3.63) is 29.8 Å². The van der Waals surface area contributed by atoms with E-state index in [1.54, 1.807) is 19.1 Å². The second-order valence-corrected chi connectivity index (χ2v) is 5.19. The first-order valence-corrected chi connectivity index (χ1v) is 7.71. The Bertz CT molecular complexity index is 505. The number of carbonyl (C=O) groups is 2. The summed E-state index contributed by atoms with van der Waals surface area (Å²) in [7, 11) is 3.23. The molecule has 1 N–H and O–H groups in total. The summed E-state index contributed by atoms with van der Waals surface area (Å²) >= 11 is 0. The van der Waals surface area contributed by atoms with Crippen molar-refractivity contribution in [1.29, 1.82) is 0 Å². The second kappa shape index (κ2) is 10.6. The molecule has 0 bridgehead atoms. The molecule has 2 amide bonds. The van der Waals surface area contributed by atoms with Gasteiger partial charge in [-0.05, 0) is 12.5 Å². The summed E-state index contributed by atoms with van der Waals surface area (Å²) in [4.78, 5) is 25.2. The zero-order valence-electron chi connectivity index (χ0n) is 14.1. The first-order valence-electron chi connectivity index (χ1n) is 7.71. The van der Waals surface area contributed by atoms with E-state index in [2.05, 4.69) is 5.32 Å². The van der Waals surface area contributed by atoms with Crippen molar-refractivity contribution >= 4 is 11.8 Å². The SMILES string of the molecule is COCCCN(CCC(=O)NCc1ccccc1OC)C(C)=O. The quantitative estimate of drug-likeness (QED) is 0.664. The summed E-state index contributed by atoms with van der Waals surface area (Å²) in [5, 5.41) is 2.85. The number of benzene rings is 1. The van der Waals surface area contributed by atoms with E-state index in [1.165, 1.54) is 6.92 Å². The molecule has 1 rings (SSSR count). The van der Waals surface area contributed by atoms with Crippen molar-refractivity contribution in [2.24, 2.45) is 0 Å². The average molecular weight is 322 g/mol. The number of rotatable bonds is 10. The van der Waals surface area contributed by atoms with Gasteiger partial charge in [-0.1, -0.05) is 18.2 Å². The molecule has 0 fully saturated rings. The molecule has 1 aromatic carbocycles. The zero-order chi connectivity index (χ0) is 17.1. The lowest BCUT2D eigenvalue weighted by Gasteiger charge is -2.20. The molecule has 0 aromatic heterocycles. The van der Waals surface area contributed by atoms with Gasteiger partial charge in [-0.25, -0.2) is 0 Å². The van der Waals surface area contributed by atoms with Gasteiger partial charge in [0, 0.05) is 52.3 Å². The maximum Gasteiger partial charge on any atom is 0.222 e. The van der Waals surface area contributed by atoms with E-state index in [-0.39, 0.29) is 18.2 Å². The van der Waals surface area contributed by atoms with Crippen LogP contribution in [0.3, 0.4) is 0 Å². The van der Waals surface area contributed by atoms with E-state index in [1.807, 2.05) is 24.3 Å². The number of carbonyl (C=O) groups excluding carboxylic acids is 2. The third-order valence-corrected chi connectivity index (χ3v) is 3.50. The van der Waals surface area contributed by atoms with Crippen LogP contribution in [-0.2, 0) is 20.9 Å². The van der Waals surface area contributed by atoms with Crippen LogP contribution in [0.15, 0.2) is 24.3 Å². The third-order valence-electron chi connectivity index (χ3n) is 3.50. The maximum atomic E-state index is 12.0. The molecular formula is C17H26N2O4. The van der Waals surface area contributed by atoms with Gasteiger partial charge in [-0.3, -0.25) is 9.59 Å². The van der Waals surface area contributed by atoms with Crippen molar-refractivity contribution in [2.75, 3.05) is 33.9 Å². The zero-order valence-corrected chi connectivity index (χ0v) is 14.1. The largest absolute Gasteiger partial charge is 0.496 e. The lowest BCUT2D eigenvalue weighted by atomic mass is 10.2. The Labute approximate surface area is 137 Å². The molecule has 0 aliphatic rings. The summed E-state index contributed by atoms with van der Waals surface area (Å²) in [6.07, 6.45) is 1.04. The molecule has 0 saturated heterocycles. The Kier molecular flexibility index (Phi) is 8.75. The van der Waals surface area contributed by atoms with Crippen molar-refractivity contribution in [2.45, 2.75) is 26.3 Å². The van der Waals surface area contributed by atoms with Crippen molar-refractivity contribution in [3.63, 3.8) is 0 Å². The van der Waals surface area contributed by atoms with Gasteiger partial charge in [0.1, 0.15) is 5.75 Å². The number of methoxy groups -OCH3 is 2. The summed E-state index contributed by atoms with van der Waals surface area (Å²) < 4.78 is 10.2. The van der Waals surface area contributed by atoms with Crippen LogP contribution >= 0.6 is 0 Å². The number of ether oxygens (including phenoxy) is 2. The Morgan fingerprint density at radius 3 is 2.57 bits per heavy atom. The number of amides is 2. The van der Waals surface area contributed by atoms with Crippen LogP contribution in [0.2, 0.25) is 0 Å². The summed E-state index contributed by atoms with van der Waals surface area (Å²) in [6, 6.07) is 7.55. The van der Waals surface area contributed by atoms with Crippen molar-refractivity contribution in [1.82, 2.24) is 10.2 Å².